The Labute approximate surface area is 113 Å². The van der Waals surface area contributed by atoms with Crippen molar-refractivity contribution in [3.63, 3.8) is 0 Å². The zero-order valence-electron chi connectivity index (χ0n) is 11.3. The van der Waals surface area contributed by atoms with Crippen molar-refractivity contribution in [2.45, 2.75) is 26.7 Å². The maximum absolute atomic E-state index is 11.7. The van der Waals surface area contributed by atoms with E-state index in [0.29, 0.717) is 12.3 Å². The molecule has 108 valence electrons. The van der Waals surface area contributed by atoms with Crippen LogP contribution in [0.1, 0.15) is 25.5 Å². The highest BCUT2D eigenvalue weighted by Crippen LogP contribution is 2.17. The lowest BCUT2D eigenvalue weighted by atomic mass is 10.3. The van der Waals surface area contributed by atoms with Crippen molar-refractivity contribution in [3.05, 3.63) is 11.8 Å². The van der Waals surface area contributed by atoms with Gasteiger partial charge in [-0.2, -0.15) is 0 Å². The summed E-state index contributed by atoms with van der Waals surface area (Å²) in [6.45, 7) is 4.24. The highest BCUT2D eigenvalue weighted by molar-refractivity contribution is 7.92. The normalized spacial score (nSPS) is 11.3. The molecule has 0 aliphatic heterocycles. The van der Waals surface area contributed by atoms with Gasteiger partial charge in [0, 0.05) is 25.6 Å². The molecule has 1 aromatic rings. The number of nitrogens with zero attached hydrogens (tertiary/aromatic N) is 2. The molecular formula is C11H19N3O4S. The first-order chi connectivity index (χ1) is 8.84. The molecule has 0 spiro atoms. The van der Waals surface area contributed by atoms with Crippen LogP contribution in [0.25, 0.3) is 0 Å². The maximum Gasteiger partial charge on any atom is 0.233 e. The molecule has 0 fully saturated rings. The van der Waals surface area contributed by atoms with Gasteiger partial charge in [0.1, 0.15) is 5.76 Å². The molecular weight excluding hydrogens is 270 g/mol. The van der Waals surface area contributed by atoms with E-state index in [2.05, 4.69) is 10.5 Å². The smallest absolute Gasteiger partial charge is 0.233 e. The van der Waals surface area contributed by atoms with Crippen LogP contribution in [-0.4, -0.2) is 38.8 Å². The number of anilines is 1. The lowest BCUT2D eigenvalue weighted by Gasteiger charge is -2.18. The summed E-state index contributed by atoms with van der Waals surface area (Å²) in [6.07, 6.45) is 1.99. The van der Waals surface area contributed by atoms with E-state index in [1.54, 1.807) is 6.92 Å². The van der Waals surface area contributed by atoms with Gasteiger partial charge in [0.2, 0.25) is 15.9 Å². The first-order valence-electron chi connectivity index (χ1n) is 6.02. The van der Waals surface area contributed by atoms with Gasteiger partial charge < -0.3 is 9.84 Å². The molecule has 1 rings (SSSR count). The zero-order chi connectivity index (χ0) is 14.5. The number of sulfonamides is 1. The second-order valence-electron chi connectivity index (χ2n) is 4.23. The van der Waals surface area contributed by atoms with Gasteiger partial charge in [-0.3, -0.25) is 9.10 Å². The molecule has 0 saturated heterocycles. The molecule has 1 N–H and O–H groups in total. The minimum Gasteiger partial charge on any atom is -0.360 e. The van der Waals surface area contributed by atoms with Gasteiger partial charge in [0.25, 0.3) is 0 Å². The van der Waals surface area contributed by atoms with Crippen molar-refractivity contribution >= 4 is 21.7 Å². The number of carbonyl (C=O) groups is 1. The summed E-state index contributed by atoms with van der Waals surface area (Å²) < 4.78 is 29.3. The molecule has 7 nitrogen and oxygen atoms in total. The molecule has 8 heteroatoms. The van der Waals surface area contributed by atoms with Gasteiger partial charge in [-0.25, -0.2) is 8.42 Å². The van der Waals surface area contributed by atoms with E-state index in [1.807, 2.05) is 6.92 Å². The largest absolute Gasteiger partial charge is 0.360 e. The lowest BCUT2D eigenvalue weighted by Crippen LogP contribution is -2.35. The Bertz CT molecular complexity index is 524. The Morgan fingerprint density at radius 3 is 2.68 bits per heavy atom. The molecule has 1 amide bonds. The van der Waals surface area contributed by atoms with E-state index < -0.39 is 10.0 Å². The Morgan fingerprint density at radius 1 is 1.53 bits per heavy atom. The molecule has 0 saturated carbocycles. The molecule has 0 aliphatic rings. The summed E-state index contributed by atoms with van der Waals surface area (Å²) in [5.74, 6) is 0.526. The van der Waals surface area contributed by atoms with Crippen LogP contribution in [0.4, 0.5) is 5.82 Å². The predicted octanol–water partition coefficient (Wildman–Crippen LogP) is 0.665. The Hall–Kier alpha value is -1.57. The van der Waals surface area contributed by atoms with Crippen LogP contribution < -0.4 is 9.62 Å². The van der Waals surface area contributed by atoms with Gasteiger partial charge in [0.05, 0.1) is 6.26 Å². The summed E-state index contributed by atoms with van der Waals surface area (Å²) in [6, 6.07) is 1.52. The van der Waals surface area contributed by atoms with Gasteiger partial charge in [-0.1, -0.05) is 12.1 Å². The Kier molecular flexibility index (Phi) is 5.34. The van der Waals surface area contributed by atoms with E-state index in [9.17, 15) is 13.2 Å². The minimum atomic E-state index is -3.49. The number of hydrogen-bond donors (Lipinski definition) is 1. The fourth-order valence-corrected chi connectivity index (χ4v) is 2.33. The van der Waals surface area contributed by atoms with Crippen LogP contribution in [0, 0.1) is 6.92 Å². The molecule has 1 aromatic heterocycles. The Balaban J connectivity index is 2.70. The summed E-state index contributed by atoms with van der Waals surface area (Å²) in [4.78, 5) is 11.5. The molecule has 0 atom stereocenters. The quantitative estimate of drug-likeness (QED) is 0.796. The van der Waals surface area contributed by atoms with Gasteiger partial charge in [-0.05, 0) is 13.3 Å². The summed E-state index contributed by atoms with van der Waals surface area (Å²) in [5, 5.41) is 6.35. The topological polar surface area (TPSA) is 92.5 Å². The van der Waals surface area contributed by atoms with Crippen LogP contribution in [0.2, 0.25) is 0 Å². The molecule has 1 heterocycles. The molecule has 0 radical (unpaired) electrons. The molecule has 0 aromatic carbocycles. The number of aryl methyl sites for hydroxylation is 1. The minimum absolute atomic E-state index is 0.0420. The van der Waals surface area contributed by atoms with E-state index in [4.69, 9.17) is 4.52 Å². The second-order valence-corrected chi connectivity index (χ2v) is 6.14. The van der Waals surface area contributed by atoms with Crippen molar-refractivity contribution in [2.24, 2.45) is 0 Å². The van der Waals surface area contributed by atoms with E-state index in [1.165, 1.54) is 6.07 Å². The fraction of sp³-hybridized carbons (Fsp3) is 0.636. The summed E-state index contributed by atoms with van der Waals surface area (Å²) >= 11 is 0. The fourth-order valence-electron chi connectivity index (χ4n) is 1.48. The van der Waals surface area contributed by atoms with Crippen LogP contribution in [0.3, 0.4) is 0 Å². The number of hydrogen-bond acceptors (Lipinski definition) is 5. The number of nitrogens with one attached hydrogen (secondary N) is 1. The van der Waals surface area contributed by atoms with Crippen molar-refractivity contribution in [2.75, 3.05) is 23.7 Å². The average Bonchev–Trinajstić information content (AvgIpc) is 2.71. The second kappa shape index (κ2) is 6.55. The number of rotatable bonds is 7. The maximum atomic E-state index is 11.7. The van der Waals surface area contributed by atoms with Crippen LogP contribution in [0.5, 0.6) is 0 Å². The van der Waals surface area contributed by atoms with Crippen molar-refractivity contribution in [3.8, 4) is 0 Å². The molecule has 0 unspecified atom stereocenters. The first-order valence-corrected chi connectivity index (χ1v) is 7.87. The molecule has 0 bridgehead atoms. The highest BCUT2D eigenvalue weighted by Gasteiger charge is 2.21. The van der Waals surface area contributed by atoms with Crippen LogP contribution in [0.15, 0.2) is 10.6 Å². The van der Waals surface area contributed by atoms with Crippen molar-refractivity contribution < 1.29 is 17.7 Å². The summed E-state index contributed by atoms with van der Waals surface area (Å²) in [7, 11) is -3.49. The third kappa shape index (κ3) is 4.90. The standard InChI is InChI=1S/C11H19N3O4S/c1-4-6-12-11(15)5-7-14(19(3,16)17)10-8-9(2)18-13-10/h8H,4-7H2,1-3H3,(H,12,15). The van der Waals surface area contributed by atoms with Crippen LogP contribution in [-0.2, 0) is 14.8 Å². The van der Waals surface area contributed by atoms with E-state index >= 15 is 0 Å². The third-order valence-corrected chi connectivity index (χ3v) is 3.56. The van der Waals surface area contributed by atoms with Crippen molar-refractivity contribution in [1.82, 2.24) is 10.5 Å². The van der Waals surface area contributed by atoms with Crippen molar-refractivity contribution in [1.29, 1.82) is 0 Å². The first kappa shape index (κ1) is 15.5. The lowest BCUT2D eigenvalue weighted by molar-refractivity contribution is -0.120. The number of amides is 1. The Morgan fingerprint density at radius 2 is 2.21 bits per heavy atom. The highest BCUT2D eigenvalue weighted by atomic mass is 32.2. The van der Waals surface area contributed by atoms with Gasteiger partial charge >= 0.3 is 0 Å². The van der Waals surface area contributed by atoms with E-state index in [-0.39, 0.29) is 24.7 Å². The summed E-state index contributed by atoms with van der Waals surface area (Å²) in [5.41, 5.74) is 0. The predicted molar refractivity (Wildman–Crippen MR) is 71.3 cm³/mol. The monoisotopic (exact) mass is 289 g/mol. The molecule has 0 aliphatic carbocycles. The third-order valence-electron chi connectivity index (χ3n) is 2.39. The zero-order valence-corrected chi connectivity index (χ0v) is 12.2. The number of carbonyl (C=O) groups excluding carboxylic acids is 1. The van der Waals surface area contributed by atoms with Gasteiger partial charge in [-0.15, -0.1) is 0 Å². The SMILES string of the molecule is CCCNC(=O)CCN(c1cc(C)on1)S(C)(=O)=O. The van der Waals surface area contributed by atoms with E-state index in [0.717, 1.165) is 17.0 Å². The molecule has 19 heavy (non-hydrogen) atoms. The number of aromatic nitrogens is 1. The average molecular weight is 289 g/mol. The van der Waals surface area contributed by atoms with Crippen LogP contribution >= 0.6 is 0 Å². The van der Waals surface area contributed by atoms with Gasteiger partial charge in [0.15, 0.2) is 5.82 Å².